The Morgan fingerprint density at radius 1 is 1.50 bits per heavy atom. The first-order chi connectivity index (χ1) is 7.93. The van der Waals surface area contributed by atoms with Gasteiger partial charge < -0.3 is 10.6 Å². The molecular formula is C12H18N4. The van der Waals surface area contributed by atoms with E-state index >= 15 is 0 Å². The zero-order valence-electron chi connectivity index (χ0n) is 9.39. The second-order valence-electron chi connectivity index (χ2n) is 3.30. The van der Waals surface area contributed by atoms with Gasteiger partial charge in [0.25, 0.3) is 0 Å². The fraction of sp³-hybridized carbons (Fsp3) is 0.333. The molecule has 1 rings (SSSR count). The van der Waals surface area contributed by atoms with Crippen LogP contribution in [-0.2, 0) is 6.54 Å². The number of nitrogens with zero attached hydrogens (tertiary/aromatic N) is 2. The smallest absolute Gasteiger partial charge is 0.0863 e. The molecule has 0 bridgehead atoms. The van der Waals surface area contributed by atoms with Gasteiger partial charge in [0, 0.05) is 25.5 Å². The summed E-state index contributed by atoms with van der Waals surface area (Å²) in [5, 5.41) is 6.15. The molecule has 0 spiro atoms. The zero-order chi connectivity index (χ0) is 11.5. The Kier molecular flexibility index (Phi) is 6.67. The van der Waals surface area contributed by atoms with Crippen molar-refractivity contribution in [3.05, 3.63) is 42.9 Å². The third-order valence-corrected chi connectivity index (χ3v) is 1.98. The number of hydrogen-bond acceptors (Lipinski definition) is 3. The summed E-state index contributed by atoms with van der Waals surface area (Å²) in [6.45, 7) is 6.16. The van der Waals surface area contributed by atoms with E-state index in [0.29, 0.717) is 0 Å². The molecule has 0 saturated heterocycles. The number of rotatable bonds is 8. The first kappa shape index (κ1) is 12.4. The zero-order valence-corrected chi connectivity index (χ0v) is 9.39. The van der Waals surface area contributed by atoms with Crippen LogP contribution in [0.5, 0.6) is 0 Å². The van der Waals surface area contributed by atoms with Crippen molar-refractivity contribution in [2.45, 2.75) is 13.0 Å². The second kappa shape index (κ2) is 8.61. The van der Waals surface area contributed by atoms with Gasteiger partial charge in [0.15, 0.2) is 0 Å². The largest absolute Gasteiger partial charge is 0.354 e. The van der Waals surface area contributed by atoms with Gasteiger partial charge in [-0.2, -0.15) is 0 Å². The van der Waals surface area contributed by atoms with Crippen molar-refractivity contribution in [3.8, 4) is 0 Å². The summed E-state index contributed by atoms with van der Waals surface area (Å²) in [7, 11) is 0. The van der Waals surface area contributed by atoms with E-state index in [1.807, 2.05) is 12.3 Å². The predicted molar refractivity (Wildman–Crippen MR) is 67.3 cm³/mol. The molecule has 0 aliphatic heterocycles. The van der Waals surface area contributed by atoms with E-state index in [2.05, 4.69) is 33.3 Å². The maximum absolute atomic E-state index is 4.15. The standard InChI is InChI=1S/C12H18N4/c1-2-13-11-16-8-4-7-15-10-12-5-3-6-14-9-12/h2-3,5-6,9,11,15H,1,4,7-8,10H2,(H,13,16). The Balaban J connectivity index is 1.98. The molecule has 16 heavy (non-hydrogen) atoms. The molecule has 0 fully saturated rings. The van der Waals surface area contributed by atoms with Crippen molar-refractivity contribution < 1.29 is 0 Å². The summed E-state index contributed by atoms with van der Waals surface area (Å²) in [4.78, 5) is 8.20. The molecule has 1 heterocycles. The summed E-state index contributed by atoms with van der Waals surface area (Å²) >= 11 is 0. The van der Waals surface area contributed by atoms with E-state index in [0.717, 1.165) is 26.1 Å². The maximum atomic E-state index is 4.15. The van der Waals surface area contributed by atoms with Gasteiger partial charge in [-0.25, -0.2) is 0 Å². The van der Waals surface area contributed by atoms with Crippen molar-refractivity contribution in [1.82, 2.24) is 15.6 Å². The lowest BCUT2D eigenvalue weighted by molar-refractivity contribution is 0.655. The molecule has 2 N–H and O–H groups in total. The van der Waals surface area contributed by atoms with Crippen molar-refractivity contribution >= 4 is 6.34 Å². The fourth-order valence-electron chi connectivity index (χ4n) is 1.20. The molecule has 0 saturated carbocycles. The van der Waals surface area contributed by atoms with Crippen LogP contribution in [0.2, 0.25) is 0 Å². The van der Waals surface area contributed by atoms with Crippen LogP contribution in [0, 0.1) is 0 Å². The molecule has 0 aliphatic carbocycles. The Hall–Kier alpha value is -1.68. The van der Waals surface area contributed by atoms with Crippen LogP contribution in [0.1, 0.15) is 12.0 Å². The monoisotopic (exact) mass is 218 g/mol. The lowest BCUT2D eigenvalue weighted by atomic mass is 10.3. The highest BCUT2D eigenvalue weighted by atomic mass is 14.9. The molecule has 1 aromatic heterocycles. The normalized spacial score (nSPS) is 10.5. The number of aromatic nitrogens is 1. The highest BCUT2D eigenvalue weighted by molar-refractivity contribution is 5.55. The Morgan fingerprint density at radius 3 is 3.19 bits per heavy atom. The molecule has 4 nitrogen and oxygen atoms in total. The van der Waals surface area contributed by atoms with Gasteiger partial charge in [0.05, 0.1) is 6.34 Å². The van der Waals surface area contributed by atoms with Gasteiger partial charge in [0.2, 0.25) is 0 Å². The Bertz CT molecular complexity index is 308. The van der Waals surface area contributed by atoms with E-state index in [-0.39, 0.29) is 0 Å². The molecule has 0 amide bonds. The van der Waals surface area contributed by atoms with Gasteiger partial charge >= 0.3 is 0 Å². The fourth-order valence-corrected chi connectivity index (χ4v) is 1.20. The van der Waals surface area contributed by atoms with Crippen molar-refractivity contribution in [2.24, 2.45) is 4.99 Å². The van der Waals surface area contributed by atoms with Crippen LogP contribution in [0.3, 0.4) is 0 Å². The predicted octanol–water partition coefficient (Wildman–Crippen LogP) is 1.32. The van der Waals surface area contributed by atoms with Crippen molar-refractivity contribution in [2.75, 3.05) is 13.1 Å². The summed E-state index contributed by atoms with van der Waals surface area (Å²) in [6.07, 6.45) is 7.94. The molecule has 4 heteroatoms. The van der Waals surface area contributed by atoms with Crippen LogP contribution >= 0.6 is 0 Å². The quantitative estimate of drug-likeness (QED) is 0.393. The van der Waals surface area contributed by atoms with E-state index in [1.165, 1.54) is 5.56 Å². The SMILES string of the molecule is C=CNC=NCCCNCc1cccnc1. The Morgan fingerprint density at radius 2 is 2.44 bits per heavy atom. The molecule has 1 aromatic rings. The first-order valence-corrected chi connectivity index (χ1v) is 5.38. The number of nitrogens with one attached hydrogen (secondary N) is 2. The molecular weight excluding hydrogens is 200 g/mol. The average molecular weight is 218 g/mol. The minimum atomic E-state index is 0.820. The second-order valence-corrected chi connectivity index (χ2v) is 3.30. The molecule has 0 aromatic carbocycles. The first-order valence-electron chi connectivity index (χ1n) is 5.38. The highest BCUT2D eigenvalue weighted by Crippen LogP contribution is 1.93. The van der Waals surface area contributed by atoms with Crippen LogP contribution in [-0.4, -0.2) is 24.4 Å². The van der Waals surface area contributed by atoms with Crippen molar-refractivity contribution in [1.29, 1.82) is 0 Å². The Labute approximate surface area is 96.5 Å². The number of hydrogen-bond donors (Lipinski definition) is 2. The lowest BCUT2D eigenvalue weighted by Gasteiger charge is -2.02. The highest BCUT2D eigenvalue weighted by Gasteiger charge is 1.90. The average Bonchev–Trinajstić information content (AvgIpc) is 2.34. The van der Waals surface area contributed by atoms with Crippen molar-refractivity contribution in [3.63, 3.8) is 0 Å². The van der Waals surface area contributed by atoms with E-state index in [9.17, 15) is 0 Å². The molecule has 0 radical (unpaired) electrons. The lowest BCUT2D eigenvalue weighted by Crippen LogP contribution is -2.15. The summed E-state index contributed by atoms with van der Waals surface area (Å²) in [6, 6.07) is 4.01. The molecule has 0 aliphatic rings. The molecule has 0 atom stereocenters. The summed E-state index contributed by atoms with van der Waals surface area (Å²) < 4.78 is 0. The van der Waals surface area contributed by atoms with Gasteiger partial charge in [-0.15, -0.1) is 0 Å². The van der Waals surface area contributed by atoms with Gasteiger partial charge in [-0.05, 0) is 30.8 Å². The van der Waals surface area contributed by atoms with Crippen LogP contribution < -0.4 is 10.6 Å². The summed E-state index contributed by atoms with van der Waals surface area (Å²) in [5.74, 6) is 0. The third kappa shape index (κ3) is 5.93. The summed E-state index contributed by atoms with van der Waals surface area (Å²) in [5.41, 5.74) is 1.21. The van der Waals surface area contributed by atoms with Crippen LogP contribution in [0.15, 0.2) is 42.3 Å². The minimum Gasteiger partial charge on any atom is -0.354 e. The van der Waals surface area contributed by atoms with E-state index < -0.39 is 0 Å². The molecule has 0 unspecified atom stereocenters. The van der Waals surface area contributed by atoms with Gasteiger partial charge in [-0.1, -0.05) is 12.6 Å². The topological polar surface area (TPSA) is 49.3 Å². The number of aliphatic imine (C=N–C) groups is 1. The van der Waals surface area contributed by atoms with Gasteiger partial charge in [-0.3, -0.25) is 9.98 Å². The molecule has 86 valence electrons. The van der Waals surface area contributed by atoms with Crippen LogP contribution in [0.4, 0.5) is 0 Å². The van der Waals surface area contributed by atoms with E-state index in [4.69, 9.17) is 0 Å². The minimum absolute atomic E-state index is 0.820. The third-order valence-electron chi connectivity index (χ3n) is 1.98. The van der Waals surface area contributed by atoms with Crippen LogP contribution in [0.25, 0.3) is 0 Å². The number of pyridine rings is 1. The maximum Gasteiger partial charge on any atom is 0.0863 e. The van der Waals surface area contributed by atoms with E-state index in [1.54, 1.807) is 18.7 Å². The van der Waals surface area contributed by atoms with Gasteiger partial charge in [0.1, 0.15) is 0 Å².